The van der Waals surface area contributed by atoms with Crippen LogP contribution in [0.25, 0.3) is 0 Å². The molecule has 0 saturated heterocycles. The summed E-state index contributed by atoms with van der Waals surface area (Å²) in [5, 5.41) is 11.2. The van der Waals surface area contributed by atoms with Gasteiger partial charge in [0.1, 0.15) is 0 Å². The monoisotopic (exact) mass is 415 g/mol. The summed E-state index contributed by atoms with van der Waals surface area (Å²) < 4.78 is 31.3. The van der Waals surface area contributed by atoms with Gasteiger partial charge in [0, 0.05) is 18.7 Å². The molecule has 0 spiro atoms. The lowest BCUT2D eigenvalue weighted by Crippen LogP contribution is -2.24. The fourth-order valence-corrected chi connectivity index (χ4v) is 3.48. The first-order valence-corrected chi connectivity index (χ1v) is 10.4. The van der Waals surface area contributed by atoms with Crippen molar-refractivity contribution in [3.63, 3.8) is 0 Å². The van der Waals surface area contributed by atoms with E-state index in [0.29, 0.717) is 5.69 Å². The number of ether oxygens (including phenoxy) is 1. The second-order valence-corrected chi connectivity index (χ2v) is 7.73. The number of amides is 1. The van der Waals surface area contributed by atoms with Gasteiger partial charge in [-0.2, -0.15) is 5.26 Å². The number of carbonyl (C=O) groups is 2. The number of para-hydroxylation sites is 1. The van der Waals surface area contributed by atoms with Gasteiger partial charge in [0.15, 0.2) is 6.61 Å². The standard InChI is InChI=1S/C20H21N3O5S/c1-2-15-6-3-4-7-18(15)23-19(24)14-28-20(25)16-8-10-17(11-9-16)29(26,27)22-13-5-12-21/h3-4,6-11,22H,2,5,13-14H2,1H3,(H,23,24). The quantitative estimate of drug-likeness (QED) is 0.478. The first kappa shape index (κ1) is 22.1. The van der Waals surface area contributed by atoms with Gasteiger partial charge in [-0.15, -0.1) is 0 Å². The third kappa shape index (κ3) is 6.41. The van der Waals surface area contributed by atoms with Crippen LogP contribution in [-0.4, -0.2) is 33.4 Å². The van der Waals surface area contributed by atoms with Gasteiger partial charge >= 0.3 is 5.97 Å². The lowest BCUT2D eigenvalue weighted by atomic mass is 10.1. The summed E-state index contributed by atoms with van der Waals surface area (Å²) in [4.78, 5) is 24.1. The second kappa shape index (κ2) is 10.4. The molecule has 0 unspecified atom stereocenters. The molecule has 0 aliphatic rings. The molecule has 8 nitrogen and oxygen atoms in total. The molecular weight excluding hydrogens is 394 g/mol. The van der Waals surface area contributed by atoms with Crippen molar-refractivity contribution in [2.75, 3.05) is 18.5 Å². The van der Waals surface area contributed by atoms with E-state index in [4.69, 9.17) is 10.00 Å². The number of nitrogens with one attached hydrogen (secondary N) is 2. The summed E-state index contributed by atoms with van der Waals surface area (Å²) >= 11 is 0. The predicted octanol–water partition coefficient (Wildman–Crippen LogP) is 2.24. The molecule has 0 aromatic heterocycles. The number of sulfonamides is 1. The van der Waals surface area contributed by atoms with Gasteiger partial charge in [-0.1, -0.05) is 25.1 Å². The summed E-state index contributed by atoms with van der Waals surface area (Å²) in [5.41, 5.74) is 1.74. The van der Waals surface area contributed by atoms with Crippen LogP contribution in [0.15, 0.2) is 53.4 Å². The van der Waals surface area contributed by atoms with Crippen molar-refractivity contribution in [1.82, 2.24) is 4.72 Å². The molecule has 2 aromatic rings. The van der Waals surface area contributed by atoms with Crippen LogP contribution in [-0.2, 0) is 26.0 Å². The minimum atomic E-state index is -3.76. The molecule has 1 amide bonds. The van der Waals surface area contributed by atoms with E-state index in [1.165, 1.54) is 24.3 Å². The Hall–Kier alpha value is -3.22. The highest BCUT2D eigenvalue weighted by Gasteiger charge is 2.16. The lowest BCUT2D eigenvalue weighted by molar-refractivity contribution is -0.119. The smallest absolute Gasteiger partial charge is 0.338 e. The van der Waals surface area contributed by atoms with Gasteiger partial charge in [0.2, 0.25) is 10.0 Å². The maximum Gasteiger partial charge on any atom is 0.338 e. The van der Waals surface area contributed by atoms with Crippen LogP contribution < -0.4 is 10.0 Å². The number of aryl methyl sites for hydroxylation is 1. The van der Waals surface area contributed by atoms with Crippen molar-refractivity contribution in [3.05, 3.63) is 59.7 Å². The van der Waals surface area contributed by atoms with Gasteiger partial charge in [-0.05, 0) is 42.3 Å². The molecule has 152 valence electrons. The summed E-state index contributed by atoms with van der Waals surface area (Å²) in [6.45, 7) is 1.50. The van der Waals surface area contributed by atoms with Crippen LogP contribution in [0, 0.1) is 11.3 Å². The summed E-state index contributed by atoms with van der Waals surface area (Å²) in [7, 11) is -3.76. The Morgan fingerprint density at radius 3 is 2.45 bits per heavy atom. The molecule has 2 aromatic carbocycles. The van der Waals surface area contributed by atoms with Gasteiger partial charge in [-0.25, -0.2) is 17.9 Å². The molecule has 0 fully saturated rings. The number of benzene rings is 2. The van der Waals surface area contributed by atoms with Crippen LogP contribution in [0.5, 0.6) is 0 Å². The van der Waals surface area contributed by atoms with Gasteiger partial charge in [-0.3, -0.25) is 4.79 Å². The van der Waals surface area contributed by atoms with E-state index in [-0.39, 0.29) is 23.4 Å². The van der Waals surface area contributed by atoms with Crippen LogP contribution in [0.4, 0.5) is 5.69 Å². The molecule has 0 heterocycles. The molecule has 2 rings (SSSR count). The molecule has 29 heavy (non-hydrogen) atoms. The van der Waals surface area contributed by atoms with E-state index >= 15 is 0 Å². The fraction of sp³-hybridized carbons (Fsp3) is 0.250. The Bertz CT molecular complexity index is 1010. The summed E-state index contributed by atoms with van der Waals surface area (Å²) in [5.74, 6) is -1.22. The number of carbonyl (C=O) groups excluding carboxylic acids is 2. The van der Waals surface area contributed by atoms with Gasteiger partial charge in [0.05, 0.1) is 16.5 Å². The van der Waals surface area contributed by atoms with E-state index in [1.807, 2.05) is 25.1 Å². The first-order valence-electron chi connectivity index (χ1n) is 8.89. The van der Waals surface area contributed by atoms with Crippen molar-refractivity contribution in [1.29, 1.82) is 5.26 Å². The summed E-state index contributed by atoms with van der Waals surface area (Å²) in [6.07, 6.45) is 0.797. The van der Waals surface area contributed by atoms with Crippen molar-refractivity contribution in [2.24, 2.45) is 0 Å². The predicted molar refractivity (Wildman–Crippen MR) is 107 cm³/mol. The Labute approximate surface area is 169 Å². The summed E-state index contributed by atoms with van der Waals surface area (Å²) in [6, 6.07) is 14.3. The molecule has 0 radical (unpaired) electrons. The van der Waals surface area contributed by atoms with E-state index < -0.39 is 28.5 Å². The normalized spacial score (nSPS) is 10.8. The number of hydrogen-bond donors (Lipinski definition) is 2. The second-order valence-electron chi connectivity index (χ2n) is 5.97. The third-order valence-corrected chi connectivity index (χ3v) is 5.41. The van der Waals surface area contributed by atoms with Crippen molar-refractivity contribution < 1.29 is 22.7 Å². The molecule has 0 atom stereocenters. The van der Waals surface area contributed by atoms with Crippen LogP contribution in [0.2, 0.25) is 0 Å². The number of anilines is 1. The maximum atomic E-state index is 12.1. The highest BCUT2D eigenvalue weighted by molar-refractivity contribution is 7.89. The number of esters is 1. The number of nitrogens with zero attached hydrogens (tertiary/aromatic N) is 1. The van der Waals surface area contributed by atoms with Crippen LogP contribution in [0.1, 0.15) is 29.3 Å². The zero-order valence-corrected chi connectivity index (χ0v) is 16.7. The SMILES string of the molecule is CCc1ccccc1NC(=O)COC(=O)c1ccc(S(=O)(=O)NCCC#N)cc1. The highest BCUT2D eigenvalue weighted by atomic mass is 32.2. The molecule has 0 bridgehead atoms. The molecule has 9 heteroatoms. The highest BCUT2D eigenvalue weighted by Crippen LogP contribution is 2.15. The van der Waals surface area contributed by atoms with E-state index in [2.05, 4.69) is 10.0 Å². The van der Waals surface area contributed by atoms with Crippen molar-refractivity contribution >= 4 is 27.6 Å². The number of nitriles is 1. The van der Waals surface area contributed by atoms with Gasteiger partial charge in [0.25, 0.3) is 5.91 Å². The average molecular weight is 415 g/mol. The minimum Gasteiger partial charge on any atom is -0.452 e. The molecule has 2 N–H and O–H groups in total. The molecular formula is C20H21N3O5S. The Morgan fingerprint density at radius 1 is 1.10 bits per heavy atom. The van der Waals surface area contributed by atoms with E-state index in [9.17, 15) is 18.0 Å². The lowest BCUT2D eigenvalue weighted by Gasteiger charge is -2.10. The third-order valence-electron chi connectivity index (χ3n) is 3.94. The zero-order chi connectivity index (χ0) is 21.3. The Kier molecular flexibility index (Phi) is 7.88. The van der Waals surface area contributed by atoms with Crippen molar-refractivity contribution in [3.8, 4) is 6.07 Å². The van der Waals surface area contributed by atoms with E-state index in [0.717, 1.165) is 12.0 Å². The minimum absolute atomic E-state index is 0.00109. The first-order chi connectivity index (χ1) is 13.9. The number of hydrogen-bond acceptors (Lipinski definition) is 6. The van der Waals surface area contributed by atoms with Crippen molar-refractivity contribution in [2.45, 2.75) is 24.7 Å². The molecule has 0 aliphatic heterocycles. The Balaban J connectivity index is 1.92. The molecule has 0 aliphatic carbocycles. The fourth-order valence-electron chi connectivity index (χ4n) is 2.45. The van der Waals surface area contributed by atoms with Gasteiger partial charge < -0.3 is 10.1 Å². The van der Waals surface area contributed by atoms with Crippen LogP contribution in [0.3, 0.4) is 0 Å². The Morgan fingerprint density at radius 2 is 1.79 bits per heavy atom. The zero-order valence-electron chi connectivity index (χ0n) is 15.8. The maximum absolute atomic E-state index is 12.1. The average Bonchev–Trinajstić information content (AvgIpc) is 2.72. The number of rotatable bonds is 9. The molecule has 0 saturated carbocycles. The topological polar surface area (TPSA) is 125 Å². The van der Waals surface area contributed by atoms with E-state index in [1.54, 1.807) is 12.1 Å². The van der Waals surface area contributed by atoms with Crippen LogP contribution >= 0.6 is 0 Å². The largest absolute Gasteiger partial charge is 0.452 e.